The van der Waals surface area contributed by atoms with Crippen LogP contribution >= 0.6 is 0 Å². The molecule has 2 aromatic rings. The predicted molar refractivity (Wildman–Crippen MR) is 69.5 cm³/mol. The smallest absolute Gasteiger partial charge is 0.220 e. The lowest BCUT2D eigenvalue weighted by molar-refractivity contribution is -0.121. The Balaban J connectivity index is 1.80. The van der Waals surface area contributed by atoms with E-state index < -0.39 is 0 Å². The third-order valence-corrected chi connectivity index (χ3v) is 2.73. The standard InChI is InChI=1S/C13H16N4O2/c1-19-11-5-3-2-4-10(11)6-7-13(18)14-8-12-15-9-16-17-12/h2-5,9H,6-8H2,1H3,(H,14,18)(H,15,16,17). The molecule has 1 aromatic heterocycles. The Morgan fingerprint density at radius 2 is 2.26 bits per heavy atom. The van der Waals surface area contributed by atoms with Crippen molar-refractivity contribution in [2.75, 3.05) is 7.11 Å². The molecule has 1 heterocycles. The van der Waals surface area contributed by atoms with Gasteiger partial charge in [0.25, 0.3) is 0 Å². The van der Waals surface area contributed by atoms with Crippen molar-refractivity contribution in [3.05, 3.63) is 42.0 Å². The summed E-state index contributed by atoms with van der Waals surface area (Å²) in [7, 11) is 1.63. The number of aryl methyl sites for hydroxylation is 1. The zero-order valence-electron chi connectivity index (χ0n) is 10.7. The van der Waals surface area contributed by atoms with Crippen molar-refractivity contribution in [3.63, 3.8) is 0 Å². The Labute approximate surface area is 111 Å². The van der Waals surface area contributed by atoms with Gasteiger partial charge >= 0.3 is 0 Å². The van der Waals surface area contributed by atoms with Gasteiger partial charge in [-0.25, -0.2) is 4.98 Å². The summed E-state index contributed by atoms with van der Waals surface area (Å²) in [6.07, 6.45) is 2.47. The number of carbonyl (C=O) groups excluding carboxylic acids is 1. The minimum atomic E-state index is -0.0256. The molecule has 0 saturated carbocycles. The summed E-state index contributed by atoms with van der Waals surface area (Å²) >= 11 is 0. The fourth-order valence-corrected chi connectivity index (χ4v) is 1.74. The van der Waals surface area contributed by atoms with Crippen LogP contribution in [0.1, 0.15) is 17.8 Å². The van der Waals surface area contributed by atoms with Crippen LogP contribution < -0.4 is 10.1 Å². The van der Waals surface area contributed by atoms with Crippen LogP contribution in [0, 0.1) is 0 Å². The van der Waals surface area contributed by atoms with Crippen LogP contribution in [0.3, 0.4) is 0 Å². The molecule has 0 saturated heterocycles. The molecule has 0 aliphatic rings. The molecule has 0 aliphatic carbocycles. The lowest BCUT2D eigenvalue weighted by Gasteiger charge is -2.08. The molecule has 0 bridgehead atoms. The number of benzene rings is 1. The molecular formula is C13H16N4O2. The van der Waals surface area contributed by atoms with E-state index >= 15 is 0 Å². The van der Waals surface area contributed by atoms with Crippen molar-refractivity contribution in [2.45, 2.75) is 19.4 Å². The molecular weight excluding hydrogens is 244 g/mol. The van der Waals surface area contributed by atoms with Gasteiger partial charge in [0.1, 0.15) is 17.9 Å². The minimum Gasteiger partial charge on any atom is -0.496 e. The maximum Gasteiger partial charge on any atom is 0.220 e. The van der Waals surface area contributed by atoms with Crippen molar-refractivity contribution in [1.29, 1.82) is 0 Å². The SMILES string of the molecule is COc1ccccc1CCC(=O)NCc1ncn[nH]1. The second-order valence-corrected chi connectivity index (χ2v) is 4.02. The van der Waals surface area contributed by atoms with Crippen LogP contribution in [0.5, 0.6) is 5.75 Å². The number of rotatable bonds is 6. The first-order chi connectivity index (χ1) is 9.29. The molecule has 0 aliphatic heterocycles. The highest BCUT2D eigenvalue weighted by Crippen LogP contribution is 2.18. The summed E-state index contributed by atoms with van der Waals surface area (Å²) in [6.45, 7) is 0.366. The van der Waals surface area contributed by atoms with Crippen molar-refractivity contribution >= 4 is 5.91 Å². The number of H-pyrrole nitrogens is 1. The van der Waals surface area contributed by atoms with Crippen molar-refractivity contribution < 1.29 is 9.53 Å². The Bertz CT molecular complexity index is 525. The van der Waals surface area contributed by atoms with Gasteiger partial charge < -0.3 is 10.1 Å². The molecule has 0 radical (unpaired) electrons. The number of nitrogens with zero attached hydrogens (tertiary/aromatic N) is 2. The Morgan fingerprint density at radius 3 is 3.00 bits per heavy atom. The highest BCUT2D eigenvalue weighted by Gasteiger charge is 2.06. The first kappa shape index (κ1) is 13.1. The maximum absolute atomic E-state index is 11.7. The number of hydrogen-bond acceptors (Lipinski definition) is 4. The van der Waals surface area contributed by atoms with Gasteiger partial charge in [0.2, 0.25) is 5.91 Å². The molecule has 1 amide bonds. The molecule has 0 atom stereocenters. The summed E-state index contributed by atoms with van der Waals surface area (Å²) in [5, 5.41) is 9.18. The molecule has 100 valence electrons. The number of aromatic nitrogens is 3. The van der Waals surface area contributed by atoms with Crippen LogP contribution in [0.15, 0.2) is 30.6 Å². The summed E-state index contributed by atoms with van der Waals surface area (Å²) in [5.74, 6) is 1.43. The lowest BCUT2D eigenvalue weighted by Crippen LogP contribution is -2.23. The van der Waals surface area contributed by atoms with E-state index in [-0.39, 0.29) is 5.91 Å². The van der Waals surface area contributed by atoms with Gasteiger partial charge in [0, 0.05) is 6.42 Å². The van der Waals surface area contributed by atoms with Crippen molar-refractivity contribution in [2.24, 2.45) is 0 Å². The number of methoxy groups -OCH3 is 1. The first-order valence-electron chi connectivity index (χ1n) is 6.02. The normalized spacial score (nSPS) is 10.2. The number of nitrogens with one attached hydrogen (secondary N) is 2. The number of aromatic amines is 1. The third kappa shape index (κ3) is 3.80. The molecule has 0 fully saturated rings. The molecule has 6 heteroatoms. The number of carbonyl (C=O) groups is 1. The number of ether oxygens (including phenoxy) is 1. The lowest BCUT2D eigenvalue weighted by atomic mass is 10.1. The van der Waals surface area contributed by atoms with Gasteiger partial charge in [-0.1, -0.05) is 18.2 Å². The van der Waals surface area contributed by atoms with Crippen LogP contribution in [-0.4, -0.2) is 28.2 Å². The second-order valence-electron chi connectivity index (χ2n) is 4.02. The highest BCUT2D eigenvalue weighted by molar-refractivity contribution is 5.76. The summed E-state index contributed by atoms with van der Waals surface area (Å²) in [6, 6.07) is 7.70. The quantitative estimate of drug-likeness (QED) is 0.814. The molecule has 0 unspecified atom stereocenters. The zero-order valence-corrected chi connectivity index (χ0v) is 10.7. The summed E-state index contributed by atoms with van der Waals surface area (Å²) < 4.78 is 5.24. The van der Waals surface area contributed by atoms with E-state index in [4.69, 9.17) is 4.74 Å². The van der Waals surface area contributed by atoms with Gasteiger partial charge in [0.05, 0.1) is 13.7 Å². The summed E-state index contributed by atoms with van der Waals surface area (Å²) in [4.78, 5) is 15.6. The van der Waals surface area contributed by atoms with Gasteiger partial charge in [-0.05, 0) is 18.1 Å². The molecule has 6 nitrogen and oxygen atoms in total. The average Bonchev–Trinajstić information content (AvgIpc) is 2.96. The zero-order chi connectivity index (χ0) is 13.5. The number of hydrogen-bond donors (Lipinski definition) is 2. The fourth-order valence-electron chi connectivity index (χ4n) is 1.74. The predicted octanol–water partition coefficient (Wildman–Crippen LogP) is 1.06. The van der Waals surface area contributed by atoms with Crippen LogP contribution in [-0.2, 0) is 17.8 Å². The van der Waals surface area contributed by atoms with Crippen molar-refractivity contribution in [3.8, 4) is 5.75 Å². The monoisotopic (exact) mass is 260 g/mol. The molecule has 0 spiro atoms. The Kier molecular flexibility index (Phi) is 4.49. The van der Waals surface area contributed by atoms with E-state index in [1.54, 1.807) is 7.11 Å². The molecule has 2 rings (SSSR count). The van der Waals surface area contributed by atoms with E-state index in [9.17, 15) is 4.79 Å². The molecule has 2 N–H and O–H groups in total. The number of amides is 1. The minimum absolute atomic E-state index is 0.0256. The van der Waals surface area contributed by atoms with Gasteiger partial charge in [-0.2, -0.15) is 5.10 Å². The van der Waals surface area contributed by atoms with Crippen LogP contribution in [0.25, 0.3) is 0 Å². The van der Waals surface area contributed by atoms with E-state index in [1.807, 2.05) is 24.3 Å². The van der Waals surface area contributed by atoms with E-state index in [0.29, 0.717) is 25.2 Å². The largest absolute Gasteiger partial charge is 0.496 e. The van der Waals surface area contributed by atoms with Crippen molar-refractivity contribution in [1.82, 2.24) is 20.5 Å². The van der Waals surface area contributed by atoms with Gasteiger partial charge in [0.15, 0.2) is 0 Å². The molecule has 19 heavy (non-hydrogen) atoms. The van der Waals surface area contributed by atoms with Gasteiger partial charge in [-0.15, -0.1) is 0 Å². The van der Waals surface area contributed by atoms with Gasteiger partial charge in [-0.3, -0.25) is 9.89 Å². The molecule has 1 aromatic carbocycles. The van der Waals surface area contributed by atoms with Crippen LogP contribution in [0.2, 0.25) is 0 Å². The topological polar surface area (TPSA) is 79.9 Å². The highest BCUT2D eigenvalue weighted by atomic mass is 16.5. The van der Waals surface area contributed by atoms with E-state index in [1.165, 1.54) is 6.33 Å². The maximum atomic E-state index is 11.7. The Hall–Kier alpha value is -2.37. The van der Waals surface area contributed by atoms with E-state index in [2.05, 4.69) is 20.5 Å². The third-order valence-electron chi connectivity index (χ3n) is 2.73. The Morgan fingerprint density at radius 1 is 1.42 bits per heavy atom. The summed E-state index contributed by atoms with van der Waals surface area (Å²) in [5.41, 5.74) is 1.03. The number of para-hydroxylation sites is 1. The second kappa shape index (κ2) is 6.53. The van der Waals surface area contributed by atoms with E-state index in [0.717, 1.165) is 11.3 Å². The fraction of sp³-hybridized carbons (Fsp3) is 0.308. The average molecular weight is 260 g/mol. The first-order valence-corrected chi connectivity index (χ1v) is 6.02. The van der Waals surface area contributed by atoms with Crippen LogP contribution in [0.4, 0.5) is 0 Å².